The van der Waals surface area contributed by atoms with Crippen LogP contribution in [0.2, 0.25) is 0 Å². The highest BCUT2D eigenvalue weighted by atomic mass is 16.5. The van der Waals surface area contributed by atoms with E-state index in [0.717, 1.165) is 0 Å². The van der Waals surface area contributed by atoms with Gasteiger partial charge in [0.1, 0.15) is 19.3 Å². The van der Waals surface area contributed by atoms with Gasteiger partial charge in [0.25, 0.3) is 0 Å². The second-order valence-corrected chi connectivity index (χ2v) is 7.82. The fourth-order valence-electron chi connectivity index (χ4n) is 2.17. The van der Waals surface area contributed by atoms with Crippen molar-refractivity contribution >= 4 is 5.90 Å². The maximum atomic E-state index is 9.44. The Morgan fingerprint density at radius 1 is 1.14 bits per heavy atom. The van der Waals surface area contributed by atoms with Crippen molar-refractivity contribution in [2.45, 2.75) is 53.6 Å². The van der Waals surface area contributed by atoms with Gasteiger partial charge in [-0.1, -0.05) is 41.5 Å². The maximum absolute atomic E-state index is 9.44. The Kier molecular flexibility index (Phi) is 3.92. The summed E-state index contributed by atoms with van der Waals surface area (Å²) in [6.45, 7) is 13.8. The summed E-state index contributed by atoms with van der Waals surface area (Å²) >= 11 is 0. The number of nitriles is 1. The second kappa shape index (κ2) is 5.25. The SMILES string of the molecule is CC(C)(C)[C@@H]1COC(/C(C#N)=C2/N[C@H](C(C)(C)C)CO2)=N1. The topological polar surface area (TPSA) is 66.6 Å². The Labute approximate surface area is 127 Å². The molecule has 2 atom stereocenters. The van der Waals surface area contributed by atoms with Gasteiger partial charge in [-0.05, 0) is 10.8 Å². The third kappa shape index (κ3) is 3.31. The third-order valence-corrected chi connectivity index (χ3v) is 3.95. The Bertz CT molecular complexity index is 515. The lowest BCUT2D eigenvalue weighted by molar-refractivity contribution is 0.213. The minimum Gasteiger partial charge on any atom is -0.476 e. The van der Waals surface area contributed by atoms with Gasteiger partial charge in [0.15, 0.2) is 5.57 Å². The molecule has 0 aromatic rings. The summed E-state index contributed by atoms with van der Waals surface area (Å²) < 4.78 is 11.3. The lowest BCUT2D eigenvalue weighted by Gasteiger charge is -2.24. The maximum Gasteiger partial charge on any atom is 0.233 e. The molecule has 0 saturated carbocycles. The lowest BCUT2D eigenvalue weighted by Crippen LogP contribution is -2.36. The Morgan fingerprint density at radius 3 is 2.24 bits per heavy atom. The van der Waals surface area contributed by atoms with Gasteiger partial charge in [0, 0.05) is 0 Å². The molecule has 0 unspecified atom stereocenters. The largest absolute Gasteiger partial charge is 0.476 e. The molecule has 116 valence electrons. The molecule has 1 fully saturated rings. The van der Waals surface area contributed by atoms with E-state index in [1.807, 2.05) is 0 Å². The van der Waals surface area contributed by atoms with Gasteiger partial charge in [0.05, 0.1) is 12.1 Å². The summed E-state index contributed by atoms with van der Waals surface area (Å²) in [5.74, 6) is 0.889. The van der Waals surface area contributed by atoms with Gasteiger partial charge in [-0.15, -0.1) is 0 Å². The normalized spacial score (nSPS) is 28.1. The lowest BCUT2D eigenvalue weighted by atomic mass is 9.88. The van der Waals surface area contributed by atoms with Crippen LogP contribution in [0.5, 0.6) is 0 Å². The summed E-state index contributed by atoms with van der Waals surface area (Å²) in [5, 5.41) is 12.7. The predicted molar refractivity (Wildman–Crippen MR) is 81.6 cm³/mol. The molecule has 1 N–H and O–H groups in total. The van der Waals surface area contributed by atoms with Crippen molar-refractivity contribution < 1.29 is 9.47 Å². The molecule has 0 bridgehead atoms. The summed E-state index contributed by atoms with van der Waals surface area (Å²) in [6, 6.07) is 2.41. The first kappa shape index (κ1) is 15.7. The molecule has 2 aliphatic heterocycles. The molecule has 0 amide bonds. The van der Waals surface area contributed by atoms with Gasteiger partial charge in [0.2, 0.25) is 11.8 Å². The van der Waals surface area contributed by atoms with Crippen LogP contribution >= 0.6 is 0 Å². The van der Waals surface area contributed by atoms with Crippen molar-refractivity contribution in [2.24, 2.45) is 15.8 Å². The van der Waals surface area contributed by atoms with Crippen molar-refractivity contribution in [2.75, 3.05) is 13.2 Å². The highest BCUT2D eigenvalue weighted by Gasteiger charge is 2.36. The fraction of sp³-hybridized carbons (Fsp3) is 0.750. The molecule has 5 nitrogen and oxygen atoms in total. The first-order valence-corrected chi connectivity index (χ1v) is 7.37. The molecule has 1 saturated heterocycles. The van der Waals surface area contributed by atoms with Gasteiger partial charge in [-0.25, -0.2) is 4.99 Å². The highest BCUT2D eigenvalue weighted by Crippen LogP contribution is 2.30. The Morgan fingerprint density at radius 2 is 1.81 bits per heavy atom. The van der Waals surface area contributed by atoms with Crippen LogP contribution in [-0.2, 0) is 9.47 Å². The number of ether oxygens (including phenoxy) is 2. The van der Waals surface area contributed by atoms with E-state index in [1.165, 1.54) is 0 Å². The minimum atomic E-state index is 0.0187. The summed E-state index contributed by atoms with van der Waals surface area (Å²) in [4.78, 5) is 4.56. The molecule has 2 heterocycles. The highest BCUT2D eigenvalue weighted by molar-refractivity contribution is 5.98. The van der Waals surface area contributed by atoms with Crippen molar-refractivity contribution in [3.63, 3.8) is 0 Å². The smallest absolute Gasteiger partial charge is 0.233 e. The zero-order valence-corrected chi connectivity index (χ0v) is 13.8. The number of rotatable bonds is 1. The third-order valence-electron chi connectivity index (χ3n) is 3.95. The first-order chi connectivity index (χ1) is 9.63. The minimum absolute atomic E-state index is 0.0187. The van der Waals surface area contributed by atoms with Crippen LogP contribution in [0.25, 0.3) is 0 Å². The number of nitrogens with zero attached hydrogens (tertiary/aromatic N) is 2. The van der Waals surface area contributed by atoms with Gasteiger partial charge < -0.3 is 14.8 Å². The zero-order valence-electron chi connectivity index (χ0n) is 13.8. The average Bonchev–Trinajstić information content (AvgIpc) is 2.96. The van der Waals surface area contributed by atoms with Crippen LogP contribution in [0.1, 0.15) is 41.5 Å². The standard InChI is InChI=1S/C16H25N3O2/c1-15(2,3)11-8-20-13(18-11)10(7-17)14-19-12(9-21-14)16(4,5)6/h11-12,18H,8-9H2,1-6H3/b13-10-/t11-,12-/m0/s1. The number of hydrogen-bond donors (Lipinski definition) is 1. The first-order valence-electron chi connectivity index (χ1n) is 7.37. The van der Waals surface area contributed by atoms with E-state index in [1.54, 1.807) is 0 Å². The molecule has 5 heteroatoms. The molecule has 2 rings (SSSR count). The van der Waals surface area contributed by atoms with Crippen molar-refractivity contribution in [3.05, 3.63) is 11.5 Å². The molecule has 0 radical (unpaired) electrons. The molecule has 0 aliphatic carbocycles. The number of aliphatic imine (C=N–C) groups is 1. The van der Waals surface area contributed by atoms with Gasteiger partial charge in [-0.2, -0.15) is 5.26 Å². The molecule has 0 aromatic carbocycles. The Hall–Kier alpha value is -1.70. The Balaban J connectivity index is 2.23. The molecule has 2 aliphatic rings. The molecule has 0 aromatic heterocycles. The monoisotopic (exact) mass is 291 g/mol. The molecule has 0 spiro atoms. The van der Waals surface area contributed by atoms with Crippen molar-refractivity contribution in [3.8, 4) is 6.07 Å². The van der Waals surface area contributed by atoms with E-state index in [2.05, 4.69) is 57.9 Å². The van der Waals surface area contributed by atoms with Crippen molar-refractivity contribution in [1.82, 2.24) is 5.32 Å². The molecular formula is C16H25N3O2. The van der Waals surface area contributed by atoms with Crippen LogP contribution in [0.15, 0.2) is 16.4 Å². The zero-order chi connectivity index (χ0) is 15.8. The van der Waals surface area contributed by atoms with E-state index in [0.29, 0.717) is 30.6 Å². The molecule has 21 heavy (non-hydrogen) atoms. The number of nitrogens with one attached hydrogen (secondary N) is 1. The van der Waals surface area contributed by atoms with E-state index in [9.17, 15) is 5.26 Å². The van der Waals surface area contributed by atoms with Crippen LogP contribution in [0.4, 0.5) is 0 Å². The van der Waals surface area contributed by atoms with E-state index in [-0.39, 0.29) is 22.9 Å². The van der Waals surface area contributed by atoms with Gasteiger partial charge in [-0.3, -0.25) is 0 Å². The molecular weight excluding hydrogens is 266 g/mol. The predicted octanol–water partition coefficient (Wildman–Crippen LogP) is 2.60. The van der Waals surface area contributed by atoms with Crippen LogP contribution < -0.4 is 5.32 Å². The summed E-state index contributed by atoms with van der Waals surface area (Å²) in [7, 11) is 0. The van der Waals surface area contributed by atoms with Crippen LogP contribution in [-0.4, -0.2) is 31.2 Å². The van der Waals surface area contributed by atoms with Crippen LogP contribution in [0.3, 0.4) is 0 Å². The van der Waals surface area contributed by atoms with Crippen LogP contribution in [0, 0.1) is 22.2 Å². The van der Waals surface area contributed by atoms with E-state index in [4.69, 9.17) is 9.47 Å². The fourth-order valence-corrected chi connectivity index (χ4v) is 2.17. The number of hydrogen-bond acceptors (Lipinski definition) is 5. The summed E-state index contributed by atoms with van der Waals surface area (Å²) in [5.41, 5.74) is 0.452. The average molecular weight is 291 g/mol. The quantitative estimate of drug-likeness (QED) is 0.754. The second-order valence-electron chi connectivity index (χ2n) is 7.82. The van der Waals surface area contributed by atoms with Crippen molar-refractivity contribution in [1.29, 1.82) is 5.26 Å². The van der Waals surface area contributed by atoms with E-state index < -0.39 is 0 Å². The van der Waals surface area contributed by atoms with E-state index >= 15 is 0 Å². The summed E-state index contributed by atoms with van der Waals surface area (Å²) in [6.07, 6.45) is 0. The van der Waals surface area contributed by atoms with Gasteiger partial charge >= 0.3 is 0 Å².